The lowest BCUT2D eigenvalue weighted by atomic mass is 9.88. The Balaban J connectivity index is 1.29. The lowest BCUT2D eigenvalue weighted by Crippen LogP contribution is -2.25. The van der Waals surface area contributed by atoms with Crippen molar-refractivity contribution in [2.24, 2.45) is 5.92 Å². The zero-order valence-electron chi connectivity index (χ0n) is 22.8. The Hall–Kier alpha value is -3.62. The fourth-order valence-electron chi connectivity index (χ4n) is 5.02. The van der Waals surface area contributed by atoms with Gasteiger partial charge in [0.25, 0.3) is 5.91 Å². The molecule has 2 N–H and O–H groups in total. The SMILES string of the molecule is CCC(Sc1cccc(NC(=O)c2ccc3ccccc3c2)c1)C(=O)Nc1sc2c(c1C(=O)OC)CCC(C)C2. The van der Waals surface area contributed by atoms with E-state index in [1.807, 2.05) is 73.7 Å². The van der Waals surface area contributed by atoms with E-state index in [1.165, 1.54) is 30.2 Å². The average Bonchev–Trinajstić information content (AvgIpc) is 3.31. The molecular weight excluding hydrogens is 540 g/mol. The first-order valence-corrected chi connectivity index (χ1v) is 15.2. The minimum absolute atomic E-state index is 0.157. The van der Waals surface area contributed by atoms with Gasteiger partial charge in [-0.25, -0.2) is 4.79 Å². The molecule has 0 fully saturated rings. The van der Waals surface area contributed by atoms with Gasteiger partial charge < -0.3 is 15.4 Å². The molecule has 0 spiro atoms. The number of carbonyl (C=O) groups excluding carboxylic acids is 3. The highest BCUT2D eigenvalue weighted by Gasteiger charge is 2.30. The Labute approximate surface area is 242 Å². The van der Waals surface area contributed by atoms with Crippen molar-refractivity contribution in [1.82, 2.24) is 0 Å². The molecule has 40 heavy (non-hydrogen) atoms. The lowest BCUT2D eigenvalue weighted by molar-refractivity contribution is -0.115. The van der Waals surface area contributed by atoms with Crippen LogP contribution in [0.25, 0.3) is 10.8 Å². The Morgan fingerprint density at radius 1 is 1.02 bits per heavy atom. The van der Waals surface area contributed by atoms with Gasteiger partial charge in [-0.2, -0.15) is 0 Å². The fourth-order valence-corrected chi connectivity index (χ4v) is 7.43. The summed E-state index contributed by atoms with van der Waals surface area (Å²) in [5.41, 5.74) is 2.75. The molecule has 8 heteroatoms. The molecule has 206 valence electrons. The van der Waals surface area contributed by atoms with Gasteiger partial charge in [0.15, 0.2) is 0 Å². The molecule has 0 aliphatic heterocycles. The molecule has 0 saturated heterocycles. The van der Waals surface area contributed by atoms with Crippen LogP contribution in [0.4, 0.5) is 10.7 Å². The molecule has 6 nitrogen and oxygen atoms in total. The van der Waals surface area contributed by atoms with Gasteiger partial charge in [0.1, 0.15) is 5.00 Å². The van der Waals surface area contributed by atoms with Crippen LogP contribution in [0.3, 0.4) is 0 Å². The predicted molar refractivity (Wildman–Crippen MR) is 164 cm³/mol. The number of nitrogens with one attached hydrogen (secondary N) is 2. The van der Waals surface area contributed by atoms with Crippen LogP contribution in [0.5, 0.6) is 0 Å². The van der Waals surface area contributed by atoms with Crippen LogP contribution in [-0.2, 0) is 22.4 Å². The van der Waals surface area contributed by atoms with Crippen molar-refractivity contribution in [1.29, 1.82) is 0 Å². The van der Waals surface area contributed by atoms with Crippen molar-refractivity contribution in [3.8, 4) is 0 Å². The van der Waals surface area contributed by atoms with Gasteiger partial charge in [-0.1, -0.05) is 50.2 Å². The number of carbonyl (C=O) groups is 3. The summed E-state index contributed by atoms with van der Waals surface area (Å²) in [6, 6.07) is 21.1. The van der Waals surface area contributed by atoms with E-state index in [9.17, 15) is 14.4 Å². The van der Waals surface area contributed by atoms with E-state index >= 15 is 0 Å². The number of fused-ring (bicyclic) bond motifs is 2. The van der Waals surface area contributed by atoms with Crippen LogP contribution >= 0.6 is 23.1 Å². The highest BCUT2D eigenvalue weighted by atomic mass is 32.2. The van der Waals surface area contributed by atoms with Crippen LogP contribution < -0.4 is 10.6 Å². The second kappa shape index (κ2) is 12.3. The highest BCUT2D eigenvalue weighted by Crippen LogP contribution is 2.40. The molecule has 2 atom stereocenters. The van der Waals surface area contributed by atoms with Gasteiger partial charge in [0.05, 0.1) is 17.9 Å². The van der Waals surface area contributed by atoms with Gasteiger partial charge >= 0.3 is 5.97 Å². The zero-order chi connectivity index (χ0) is 28.2. The highest BCUT2D eigenvalue weighted by molar-refractivity contribution is 8.00. The molecular formula is C32H32N2O4S2. The Morgan fingerprint density at radius 3 is 2.60 bits per heavy atom. The number of hydrogen-bond acceptors (Lipinski definition) is 6. The third kappa shape index (κ3) is 6.08. The fraction of sp³-hybridized carbons (Fsp3) is 0.281. The maximum Gasteiger partial charge on any atom is 0.341 e. The molecule has 5 rings (SSSR count). The van der Waals surface area contributed by atoms with E-state index < -0.39 is 5.97 Å². The number of methoxy groups -OCH3 is 1. The minimum Gasteiger partial charge on any atom is -0.465 e. The second-order valence-electron chi connectivity index (χ2n) is 10.1. The smallest absolute Gasteiger partial charge is 0.341 e. The van der Waals surface area contributed by atoms with E-state index in [-0.39, 0.29) is 17.1 Å². The summed E-state index contributed by atoms with van der Waals surface area (Å²) < 4.78 is 5.07. The van der Waals surface area contributed by atoms with E-state index in [1.54, 1.807) is 0 Å². The van der Waals surface area contributed by atoms with Crippen molar-refractivity contribution in [2.45, 2.75) is 49.7 Å². The van der Waals surface area contributed by atoms with Crippen LogP contribution in [0, 0.1) is 5.92 Å². The summed E-state index contributed by atoms with van der Waals surface area (Å²) in [6.07, 6.45) is 3.34. The number of ether oxygens (including phenoxy) is 1. The first-order valence-electron chi connectivity index (χ1n) is 13.5. The molecule has 1 aromatic heterocycles. The van der Waals surface area contributed by atoms with Gasteiger partial charge in [0.2, 0.25) is 5.91 Å². The number of amides is 2. The predicted octanol–water partition coefficient (Wildman–Crippen LogP) is 7.57. The standard InChI is InChI=1S/C32H32N2O4S2/c1-4-26(30(36)34-31-28(32(37)38-3)25-15-12-19(2)16-27(25)40-31)39-24-11-7-10-23(18-24)33-29(35)22-14-13-20-8-5-6-9-21(20)17-22/h5-11,13-14,17-19,26H,4,12,15-16H2,1-3H3,(H,33,35)(H,34,36). The number of anilines is 2. The summed E-state index contributed by atoms with van der Waals surface area (Å²) in [7, 11) is 1.37. The van der Waals surface area contributed by atoms with Crippen LogP contribution in [-0.4, -0.2) is 30.1 Å². The van der Waals surface area contributed by atoms with E-state index in [0.29, 0.717) is 34.2 Å². The maximum absolute atomic E-state index is 13.4. The number of thiophene rings is 1. The quantitative estimate of drug-likeness (QED) is 0.168. The van der Waals surface area contributed by atoms with Crippen LogP contribution in [0.15, 0.2) is 71.6 Å². The van der Waals surface area contributed by atoms with Gasteiger partial charge in [-0.05, 0) is 78.3 Å². The molecule has 2 amide bonds. The van der Waals surface area contributed by atoms with Crippen molar-refractivity contribution >= 4 is 62.3 Å². The number of esters is 1. The number of hydrogen-bond donors (Lipinski definition) is 2. The first-order chi connectivity index (χ1) is 19.4. The monoisotopic (exact) mass is 572 g/mol. The van der Waals surface area contributed by atoms with E-state index in [0.717, 1.165) is 45.4 Å². The molecule has 1 aliphatic rings. The maximum atomic E-state index is 13.4. The summed E-state index contributed by atoms with van der Waals surface area (Å²) in [5, 5.41) is 8.30. The van der Waals surface area contributed by atoms with Crippen LogP contribution in [0.2, 0.25) is 0 Å². The van der Waals surface area contributed by atoms with E-state index in [4.69, 9.17) is 4.74 Å². The zero-order valence-corrected chi connectivity index (χ0v) is 24.4. The van der Waals surface area contributed by atoms with E-state index in [2.05, 4.69) is 17.6 Å². The average molecular weight is 573 g/mol. The molecule has 3 aromatic carbocycles. The molecule has 0 saturated carbocycles. The normalized spacial score (nSPS) is 15.2. The molecule has 1 heterocycles. The van der Waals surface area contributed by atoms with Crippen molar-refractivity contribution in [2.75, 3.05) is 17.7 Å². The second-order valence-corrected chi connectivity index (χ2v) is 12.5. The van der Waals surface area contributed by atoms with Gasteiger partial charge in [-0.3, -0.25) is 9.59 Å². The van der Waals surface area contributed by atoms with Crippen molar-refractivity contribution < 1.29 is 19.1 Å². The Morgan fingerprint density at radius 2 is 1.82 bits per heavy atom. The largest absolute Gasteiger partial charge is 0.465 e. The van der Waals surface area contributed by atoms with Crippen LogP contribution in [0.1, 0.15) is 57.8 Å². The first kappa shape index (κ1) is 27.9. The summed E-state index contributed by atoms with van der Waals surface area (Å²) in [5.74, 6) is -0.204. The summed E-state index contributed by atoms with van der Waals surface area (Å²) in [4.78, 5) is 41.0. The molecule has 2 unspecified atom stereocenters. The molecule has 0 bridgehead atoms. The number of benzene rings is 3. The third-order valence-corrected chi connectivity index (χ3v) is 9.71. The van der Waals surface area contributed by atoms with Crippen molar-refractivity contribution in [3.63, 3.8) is 0 Å². The van der Waals surface area contributed by atoms with Gasteiger partial charge in [-0.15, -0.1) is 23.1 Å². The van der Waals surface area contributed by atoms with Crippen molar-refractivity contribution in [3.05, 3.63) is 88.3 Å². The molecule has 1 aliphatic carbocycles. The Bertz CT molecular complexity index is 1580. The van der Waals surface area contributed by atoms with Gasteiger partial charge in [0, 0.05) is 21.0 Å². The summed E-state index contributed by atoms with van der Waals surface area (Å²) >= 11 is 2.93. The number of rotatable bonds is 8. The topological polar surface area (TPSA) is 84.5 Å². The minimum atomic E-state index is -0.405. The third-order valence-electron chi connectivity index (χ3n) is 7.18. The lowest BCUT2D eigenvalue weighted by Gasteiger charge is -2.18. The molecule has 4 aromatic rings. The molecule has 0 radical (unpaired) electrons. The summed E-state index contributed by atoms with van der Waals surface area (Å²) in [6.45, 7) is 4.17. The number of thioether (sulfide) groups is 1. The Kier molecular flexibility index (Phi) is 8.57.